The Hall–Kier alpha value is -2.60. The molecule has 29 heavy (non-hydrogen) atoms. The zero-order valence-electron chi connectivity index (χ0n) is 17.5. The lowest BCUT2D eigenvalue weighted by Gasteiger charge is -2.41. The Labute approximate surface area is 171 Å². The maximum atomic E-state index is 14.3. The average molecular weight is 400 g/mol. The Bertz CT molecular complexity index is 871. The molecule has 0 saturated carbocycles. The number of hydrogen-bond acceptors (Lipinski definition) is 4. The fourth-order valence-corrected chi connectivity index (χ4v) is 4.07. The summed E-state index contributed by atoms with van der Waals surface area (Å²) >= 11 is 0. The molecule has 0 spiro atoms. The molecule has 156 valence electrons. The van der Waals surface area contributed by atoms with Crippen molar-refractivity contribution < 1.29 is 18.7 Å². The number of carbonyl (C=O) groups excluding carboxylic acids is 1. The molecule has 0 aromatic heterocycles. The highest BCUT2D eigenvalue weighted by Crippen LogP contribution is 2.40. The van der Waals surface area contributed by atoms with Gasteiger partial charge >= 0.3 is 0 Å². The fourth-order valence-electron chi connectivity index (χ4n) is 4.07. The van der Waals surface area contributed by atoms with Crippen molar-refractivity contribution >= 4 is 5.91 Å². The summed E-state index contributed by atoms with van der Waals surface area (Å²) in [5.41, 5.74) is 2.89. The minimum Gasteiger partial charge on any atom is -0.493 e. The number of rotatable bonds is 7. The number of amides is 1. The van der Waals surface area contributed by atoms with E-state index in [-0.39, 0.29) is 23.8 Å². The van der Waals surface area contributed by atoms with Crippen LogP contribution in [0.2, 0.25) is 0 Å². The highest BCUT2D eigenvalue weighted by Gasteiger charge is 2.34. The van der Waals surface area contributed by atoms with Crippen LogP contribution >= 0.6 is 0 Å². The van der Waals surface area contributed by atoms with Gasteiger partial charge in [0.1, 0.15) is 5.82 Å². The van der Waals surface area contributed by atoms with Crippen LogP contribution in [0.5, 0.6) is 11.5 Å². The summed E-state index contributed by atoms with van der Waals surface area (Å²) in [5.74, 6) is 1.13. The van der Waals surface area contributed by atoms with Crippen molar-refractivity contribution in [3.63, 3.8) is 0 Å². The van der Waals surface area contributed by atoms with Crippen LogP contribution in [0.3, 0.4) is 0 Å². The molecule has 1 N–H and O–H groups in total. The summed E-state index contributed by atoms with van der Waals surface area (Å²) < 4.78 is 25.3. The Balaban J connectivity index is 2.01. The highest BCUT2D eigenvalue weighted by atomic mass is 19.1. The second-order valence-electron chi connectivity index (χ2n) is 7.37. The summed E-state index contributed by atoms with van der Waals surface area (Å²) in [5, 5.41) is 3.09. The normalized spacial score (nSPS) is 17.3. The summed E-state index contributed by atoms with van der Waals surface area (Å²) in [7, 11) is 3.24. The second kappa shape index (κ2) is 9.27. The first-order valence-corrected chi connectivity index (χ1v) is 10.00. The molecule has 1 aliphatic rings. The molecule has 2 atom stereocenters. The molecule has 0 aliphatic carbocycles. The van der Waals surface area contributed by atoms with E-state index in [4.69, 9.17) is 9.47 Å². The first-order chi connectivity index (χ1) is 14.0. The monoisotopic (exact) mass is 400 g/mol. The van der Waals surface area contributed by atoms with Gasteiger partial charge in [-0.2, -0.15) is 0 Å². The zero-order valence-corrected chi connectivity index (χ0v) is 17.5. The molecule has 0 saturated heterocycles. The summed E-state index contributed by atoms with van der Waals surface area (Å²) in [6, 6.07) is 10.6. The lowest BCUT2D eigenvalue weighted by atomic mass is 9.87. The Kier molecular flexibility index (Phi) is 6.75. The Morgan fingerprint density at radius 1 is 1.24 bits per heavy atom. The number of fused-ring (bicyclic) bond motifs is 1. The summed E-state index contributed by atoms with van der Waals surface area (Å²) in [4.78, 5) is 14.3. The quantitative estimate of drug-likeness (QED) is 0.767. The van der Waals surface area contributed by atoms with Crippen LogP contribution in [0.25, 0.3) is 0 Å². The number of benzene rings is 2. The van der Waals surface area contributed by atoms with E-state index in [1.165, 1.54) is 6.07 Å². The number of nitrogens with zero attached hydrogens (tertiary/aromatic N) is 1. The van der Waals surface area contributed by atoms with Gasteiger partial charge in [-0.15, -0.1) is 0 Å². The largest absolute Gasteiger partial charge is 0.493 e. The van der Waals surface area contributed by atoms with Gasteiger partial charge in [-0.05, 0) is 42.7 Å². The van der Waals surface area contributed by atoms with Crippen molar-refractivity contribution in [2.75, 3.05) is 20.8 Å². The number of ether oxygens (including phenoxy) is 2. The summed E-state index contributed by atoms with van der Waals surface area (Å²) in [6.07, 6.45) is 1.23. The van der Waals surface area contributed by atoms with Crippen LogP contribution in [0.4, 0.5) is 4.39 Å². The van der Waals surface area contributed by atoms with E-state index in [2.05, 4.69) is 10.2 Å². The van der Waals surface area contributed by atoms with Crippen molar-refractivity contribution in [3.05, 3.63) is 58.9 Å². The van der Waals surface area contributed by atoms with Crippen molar-refractivity contribution in [2.24, 2.45) is 0 Å². The molecule has 3 rings (SSSR count). The second-order valence-corrected chi connectivity index (χ2v) is 7.37. The van der Waals surface area contributed by atoms with Gasteiger partial charge in [0.15, 0.2) is 11.5 Å². The van der Waals surface area contributed by atoms with E-state index < -0.39 is 0 Å². The van der Waals surface area contributed by atoms with Crippen LogP contribution in [-0.2, 0) is 17.8 Å². The highest BCUT2D eigenvalue weighted by molar-refractivity contribution is 5.76. The van der Waals surface area contributed by atoms with Crippen LogP contribution in [0, 0.1) is 5.82 Å². The van der Waals surface area contributed by atoms with Gasteiger partial charge in [0.2, 0.25) is 5.91 Å². The van der Waals surface area contributed by atoms with Crippen LogP contribution in [-0.4, -0.2) is 37.6 Å². The fraction of sp³-hybridized carbons (Fsp3) is 0.435. The average Bonchev–Trinajstić information content (AvgIpc) is 2.73. The first kappa shape index (κ1) is 21.1. The molecule has 0 unspecified atom stereocenters. The Morgan fingerprint density at radius 3 is 2.59 bits per heavy atom. The predicted octanol–water partition coefficient (Wildman–Crippen LogP) is 3.86. The standard InChI is InChI=1S/C23H29FN2O3/c1-5-22(27)25-15(2)23-18-13-21(29-4)20(28-3)12-16(18)10-11-26(23)14-17-8-6-7-9-19(17)24/h6-9,12-13,15,23H,5,10-11,14H2,1-4H3,(H,25,27)/t15-,23-/m1/s1. The third-order valence-electron chi connectivity index (χ3n) is 5.54. The minimum absolute atomic E-state index is 0.00376. The third kappa shape index (κ3) is 4.53. The maximum Gasteiger partial charge on any atom is 0.219 e. The summed E-state index contributed by atoms with van der Waals surface area (Å²) in [6.45, 7) is 5.06. The molecule has 0 bridgehead atoms. The van der Waals surface area contributed by atoms with E-state index in [0.29, 0.717) is 30.0 Å². The van der Waals surface area contributed by atoms with Crippen molar-refractivity contribution in [3.8, 4) is 11.5 Å². The molecule has 2 aromatic rings. The molecule has 1 aliphatic heterocycles. The minimum atomic E-state index is -0.213. The van der Waals surface area contributed by atoms with Crippen LogP contribution < -0.4 is 14.8 Å². The van der Waals surface area contributed by atoms with E-state index in [9.17, 15) is 9.18 Å². The number of carbonyl (C=O) groups is 1. The Morgan fingerprint density at radius 2 is 1.93 bits per heavy atom. The van der Waals surface area contributed by atoms with Crippen molar-refractivity contribution in [2.45, 2.75) is 45.3 Å². The molecule has 6 heteroatoms. The molecular formula is C23H29FN2O3. The van der Waals surface area contributed by atoms with Gasteiger partial charge in [-0.3, -0.25) is 9.69 Å². The van der Waals surface area contributed by atoms with E-state index in [0.717, 1.165) is 24.1 Å². The van der Waals surface area contributed by atoms with Gasteiger partial charge in [-0.25, -0.2) is 4.39 Å². The van der Waals surface area contributed by atoms with Crippen molar-refractivity contribution in [1.29, 1.82) is 0 Å². The molecular weight excluding hydrogens is 371 g/mol. The lowest BCUT2D eigenvalue weighted by molar-refractivity contribution is -0.121. The van der Waals surface area contributed by atoms with Gasteiger partial charge in [-0.1, -0.05) is 25.1 Å². The maximum absolute atomic E-state index is 14.3. The van der Waals surface area contributed by atoms with Gasteiger partial charge < -0.3 is 14.8 Å². The SMILES string of the molecule is CCC(=O)N[C@H](C)[C@@H]1c2cc(OC)c(OC)cc2CCN1Cc1ccccc1F. The van der Waals surface area contributed by atoms with E-state index >= 15 is 0 Å². The lowest BCUT2D eigenvalue weighted by Crippen LogP contribution is -2.47. The molecule has 2 aromatic carbocycles. The molecule has 0 radical (unpaired) electrons. The van der Waals surface area contributed by atoms with Crippen molar-refractivity contribution in [1.82, 2.24) is 10.2 Å². The molecule has 0 fully saturated rings. The van der Waals surface area contributed by atoms with Crippen LogP contribution in [0.1, 0.15) is 43.0 Å². The van der Waals surface area contributed by atoms with Gasteiger partial charge in [0.25, 0.3) is 0 Å². The van der Waals surface area contributed by atoms with E-state index in [1.54, 1.807) is 20.3 Å². The van der Waals surface area contributed by atoms with Crippen LogP contribution in [0.15, 0.2) is 36.4 Å². The molecule has 1 amide bonds. The molecule has 5 nitrogen and oxygen atoms in total. The number of methoxy groups -OCH3 is 2. The smallest absolute Gasteiger partial charge is 0.219 e. The van der Waals surface area contributed by atoms with Gasteiger partial charge in [0, 0.05) is 31.1 Å². The topological polar surface area (TPSA) is 50.8 Å². The third-order valence-corrected chi connectivity index (χ3v) is 5.54. The van der Waals surface area contributed by atoms with Gasteiger partial charge in [0.05, 0.1) is 20.3 Å². The molecule has 1 heterocycles. The first-order valence-electron chi connectivity index (χ1n) is 10.00. The predicted molar refractivity (Wildman–Crippen MR) is 111 cm³/mol. The number of halogens is 1. The number of hydrogen-bond donors (Lipinski definition) is 1. The zero-order chi connectivity index (χ0) is 21.0. The number of nitrogens with one attached hydrogen (secondary N) is 1. The van der Waals surface area contributed by atoms with E-state index in [1.807, 2.05) is 38.1 Å².